The van der Waals surface area contributed by atoms with Crippen molar-refractivity contribution in [2.75, 3.05) is 57.4 Å². The first-order valence-electron chi connectivity index (χ1n) is 14.9. The highest BCUT2D eigenvalue weighted by molar-refractivity contribution is 5.99. The monoisotopic (exact) mass is 547 g/mol. The number of anilines is 1. The van der Waals surface area contributed by atoms with E-state index in [1.165, 1.54) is 60.0 Å². The van der Waals surface area contributed by atoms with Crippen molar-refractivity contribution in [2.24, 2.45) is 0 Å². The zero-order valence-electron chi connectivity index (χ0n) is 23.2. The summed E-state index contributed by atoms with van der Waals surface area (Å²) in [6, 6.07) is 12.3. The van der Waals surface area contributed by atoms with E-state index >= 15 is 0 Å². The molecule has 0 radical (unpaired) electrons. The van der Waals surface area contributed by atoms with Crippen LogP contribution in [0, 0.1) is 0 Å². The maximum atomic E-state index is 12.0. The van der Waals surface area contributed by atoms with E-state index in [4.69, 9.17) is 9.47 Å². The second-order valence-corrected chi connectivity index (χ2v) is 11.2. The second kappa shape index (κ2) is 12.6. The molecule has 3 aromatic rings. The van der Waals surface area contributed by atoms with E-state index in [9.17, 15) is 9.90 Å². The number of carbonyl (C=O) groups is 1. The molecule has 3 heterocycles. The number of benzene rings is 2. The number of carboxylic acid groups (broad SMARTS) is 1. The van der Waals surface area contributed by atoms with Crippen molar-refractivity contribution in [3.8, 4) is 17.0 Å². The fourth-order valence-corrected chi connectivity index (χ4v) is 6.92. The normalized spacial score (nSPS) is 18.4. The average Bonchev–Trinajstić information content (AvgIpc) is 3.09. The number of rotatable bonds is 7. The Balaban J connectivity index is 0.00000323. The standard InChI is InChI=1S/C32H41N3O4.CH4/c1-2-39-25-10-12-27-28(22-25)34(15-14-33-13-6-19-38-20-18-33)16-17-35-29-21-24(32(36)37)9-11-26(29)30(31(27)35)23-7-4-3-5-8-23;/h9-12,21-23H,2-8,13-20H2,1H3,(H,36,37);1H4. The lowest BCUT2D eigenvalue weighted by molar-refractivity contribution is 0.0697. The summed E-state index contributed by atoms with van der Waals surface area (Å²) >= 11 is 0. The highest BCUT2D eigenvalue weighted by Gasteiger charge is 2.31. The summed E-state index contributed by atoms with van der Waals surface area (Å²) in [5.74, 6) is 0.530. The van der Waals surface area contributed by atoms with Crippen LogP contribution in [0.4, 0.5) is 5.69 Å². The van der Waals surface area contributed by atoms with Crippen LogP contribution < -0.4 is 9.64 Å². The van der Waals surface area contributed by atoms with Crippen molar-refractivity contribution in [3.63, 3.8) is 0 Å². The zero-order chi connectivity index (χ0) is 26.8. The minimum Gasteiger partial charge on any atom is -0.494 e. The summed E-state index contributed by atoms with van der Waals surface area (Å²) in [6.45, 7) is 10.0. The fraction of sp³-hybridized carbons (Fsp3) is 0.545. The molecule has 1 saturated heterocycles. The van der Waals surface area contributed by atoms with Crippen molar-refractivity contribution in [2.45, 2.75) is 65.3 Å². The first kappa shape index (κ1) is 28.5. The van der Waals surface area contributed by atoms with Crippen LogP contribution in [0.25, 0.3) is 22.2 Å². The lowest BCUT2D eigenvalue weighted by Crippen LogP contribution is -2.37. The minimum atomic E-state index is -0.870. The largest absolute Gasteiger partial charge is 0.494 e. The number of ether oxygens (including phenoxy) is 2. The van der Waals surface area contributed by atoms with Crippen LogP contribution in [0.1, 0.15) is 74.7 Å². The van der Waals surface area contributed by atoms with Crippen LogP contribution in [0.2, 0.25) is 0 Å². The Labute approximate surface area is 238 Å². The first-order chi connectivity index (χ1) is 19.1. The van der Waals surface area contributed by atoms with E-state index < -0.39 is 5.97 Å². The summed E-state index contributed by atoms with van der Waals surface area (Å²) in [5.41, 5.74) is 6.57. The summed E-state index contributed by atoms with van der Waals surface area (Å²) in [5, 5.41) is 11.0. The summed E-state index contributed by atoms with van der Waals surface area (Å²) < 4.78 is 14.1. The Morgan fingerprint density at radius 3 is 2.62 bits per heavy atom. The SMILES string of the molecule is C.CCOc1ccc2c(c1)N(CCN1CCCOCC1)CCn1c-2c(C2CCCCC2)c2ccc(C(=O)O)cc21. The lowest BCUT2D eigenvalue weighted by atomic mass is 9.81. The van der Waals surface area contributed by atoms with Gasteiger partial charge in [0.1, 0.15) is 5.75 Å². The fourth-order valence-electron chi connectivity index (χ4n) is 6.92. The Morgan fingerprint density at radius 2 is 1.82 bits per heavy atom. The Morgan fingerprint density at radius 1 is 0.975 bits per heavy atom. The molecule has 0 atom stereocenters. The molecule has 0 amide bonds. The van der Waals surface area contributed by atoms with Gasteiger partial charge in [-0.1, -0.05) is 32.8 Å². The van der Waals surface area contributed by atoms with Crippen molar-refractivity contribution in [1.82, 2.24) is 9.47 Å². The van der Waals surface area contributed by atoms with E-state index in [0.29, 0.717) is 18.1 Å². The van der Waals surface area contributed by atoms with Gasteiger partial charge in [0.25, 0.3) is 0 Å². The van der Waals surface area contributed by atoms with Crippen LogP contribution in [0.5, 0.6) is 5.75 Å². The molecular formula is C33H45N3O4. The first-order valence-corrected chi connectivity index (χ1v) is 14.9. The highest BCUT2D eigenvalue weighted by Crippen LogP contribution is 2.48. The third kappa shape index (κ3) is 5.59. The Hall–Kier alpha value is -3.03. The van der Waals surface area contributed by atoms with Crippen molar-refractivity contribution < 1.29 is 19.4 Å². The number of carboxylic acids is 1. The molecule has 0 spiro atoms. The Bertz CT molecular complexity index is 1320. The van der Waals surface area contributed by atoms with Crippen LogP contribution in [-0.4, -0.2) is 73.1 Å². The van der Waals surface area contributed by atoms with Gasteiger partial charge in [-0.3, -0.25) is 4.90 Å². The average molecular weight is 548 g/mol. The van der Waals surface area contributed by atoms with Crippen LogP contribution in [0.3, 0.4) is 0 Å². The van der Waals surface area contributed by atoms with Gasteiger partial charge in [-0.25, -0.2) is 4.79 Å². The van der Waals surface area contributed by atoms with E-state index in [1.54, 1.807) is 6.07 Å². The molecule has 40 heavy (non-hydrogen) atoms. The van der Waals surface area contributed by atoms with Gasteiger partial charge in [-0.05, 0) is 61.9 Å². The third-order valence-electron chi connectivity index (χ3n) is 8.83. The van der Waals surface area contributed by atoms with Crippen LogP contribution in [0.15, 0.2) is 36.4 Å². The topological polar surface area (TPSA) is 67.2 Å². The van der Waals surface area contributed by atoms with Gasteiger partial charge >= 0.3 is 5.97 Å². The second-order valence-electron chi connectivity index (χ2n) is 11.2. The number of aromatic carboxylic acids is 1. The number of fused-ring (bicyclic) bond motifs is 5. The predicted molar refractivity (Wildman–Crippen MR) is 162 cm³/mol. The van der Waals surface area contributed by atoms with Crippen molar-refractivity contribution >= 4 is 22.6 Å². The highest BCUT2D eigenvalue weighted by atomic mass is 16.5. The molecule has 6 rings (SSSR count). The smallest absolute Gasteiger partial charge is 0.335 e. The molecule has 1 saturated carbocycles. The van der Waals surface area contributed by atoms with E-state index in [1.807, 2.05) is 13.0 Å². The van der Waals surface area contributed by atoms with Crippen LogP contribution >= 0.6 is 0 Å². The van der Waals surface area contributed by atoms with E-state index in [2.05, 4.69) is 38.6 Å². The maximum absolute atomic E-state index is 12.0. The molecule has 0 bridgehead atoms. The van der Waals surface area contributed by atoms with Gasteiger partial charge in [0.2, 0.25) is 0 Å². The van der Waals surface area contributed by atoms with E-state index in [-0.39, 0.29) is 7.43 Å². The molecule has 216 valence electrons. The third-order valence-corrected chi connectivity index (χ3v) is 8.83. The molecule has 1 aliphatic carbocycles. The molecule has 7 nitrogen and oxygen atoms in total. The van der Waals surface area contributed by atoms with Crippen molar-refractivity contribution in [3.05, 3.63) is 47.5 Å². The predicted octanol–water partition coefficient (Wildman–Crippen LogP) is 6.63. The van der Waals surface area contributed by atoms with Gasteiger partial charge in [-0.15, -0.1) is 0 Å². The maximum Gasteiger partial charge on any atom is 0.335 e. The Kier molecular flexibility index (Phi) is 9.01. The van der Waals surface area contributed by atoms with Gasteiger partial charge in [0.15, 0.2) is 0 Å². The van der Waals surface area contributed by atoms with Gasteiger partial charge < -0.3 is 24.0 Å². The molecule has 2 aromatic carbocycles. The molecule has 3 aliphatic rings. The van der Waals surface area contributed by atoms with Gasteiger partial charge in [-0.2, -0.15) is 0 Å². The van der Waals surface area contributed by atoms with Crippen molar-refractivity contribution in [1.29, 1.82) is 0 Å². The number of aromatic nitrogens is 1. The molecule has 1 aromatic heterocycles. The molecular weight excluding hydrogens is 502 g/mol. The van der Waals surface area contributed by atoms with Gasteiger partial charge in [0.05, 0.1) is 24.5 Å². The molecule has 2 aliphatic heterocycles. The lowest BCUT2D eigenvalue weighted by Gasteiger charge is -2.29. The molecule has 7 heteroatoms. The summed E-state index contributed by atoms with van der Waals surface area (Å²) in [4.78, 5) is 17.0. The molecule has 2 fully saturated rings. The quantitative estimate of drug-likeness (QED) is 0.358. The van der Waals surface area contributed by atoms with Crippen LogP contribution in [-0.2, 0) is 11.3 Å². The number of hydrogen-bond donors (Lipinski definition) is 1. The summed E-state index contributed by atoms with van der Waals surface area (Å²) in [6.07, 6.45) is 7.29. The van der Waals surface area contributed by atoms with Gasteiger partial charge in [0, 0.05) is 74.1 Å². The summed E-state index contributed by atoms with van der Waals surface area (Å²) in [7, 11) is 0. The molecule has 0 unspecified atom stereocenters. The number of hydrogen-bond acceptors (Lipinski definition) is 5. The van der Waals surface area contributed by atoms with E-state index in [0.717, 1.165) is 70.2 Å². The minimum absolute atomic E-state index is 0. The molecule has 1 N–H and O–H groups in total. The zero-order valence-corrected chi connectivity index (χ0v) is 23.2. The number of nitrogens with zero attached hydrogens (tertiary/aromatic N) is 3.